The Morgan fingerprint density at radius 1 is 1.11 bits per heavy atom. The summed E-state index contributed by atoms with van der Waals surface area (Å²) >= 11 is 0. The van der Waals surface area contributed by atoms with Crippen molar-refractivity contribution in [2.45, 2.75) is 38.3 Å². The summed E-state index contributed by atoms with van der Waals surface area (Å²) in [5.74, 6) is 0.0240. The van der Waals surface area contributed by atoms with Gasteiger partial charge in [-0.1, -0.05) is 12.1 Å². The van der Waals surface area contributed by atoms with Crippen LogP contribution in [0.3, 0.4) is 0 Å². The van der Waals surface area contributed by atoms with Crippen LogP contribution >= 0.6 is 0 Å². The molecule has 0 aliphatic heterocycles. The molecule has 1 amide bonds. The predicted octanol–water partition coefficient (Wildman–Crippen LogP) is 0.538. The first-order valence-electron chi connectivity index (χ1n) is 9.20. The van der Waals surface area contributed by atoms with Crippen LogP contribution in [0.25, 0.3) is 10.8 Å². The molecule has 1 heterocycles. The second-order valence-electron chi connectivity index (χ2n) is 7.31. The Morgan fingerprint density at radius 3 is 2.37 bits per heavy atom. The largest absolute Gasteiger partial charge is 0.454 e. The normalized spacial score (nSPS) is 16.5. The quantitative estimate of drug-likeness (QED) is 0.690. The second kappa shape index (κ2) is 7.02. The van der Waals surface area contributed by atoms with E-state index in [-0.39, 0.29) is 29.3 Å². The molecule has 0 unspecified atom stereocenters. The van der Waals surface area contributed by atoms with Gasteiger partial charge in [-0.3, -0.25) is 24.3 Å². The lowest BCUT2D eigenvalue weighted by atomic mass is 10.1. The minimum atomic E-state index is -0.757. The first-order valence-corrected chi connectivity index (χ1v) is 9.20. The topological polar surface area (TPSA) is 110 Å². The number of hydrogen-bond acceptors (Lipinski definition) is 5. The van der Waals surface area contributed by atoms with E-state index in [1.54, 1.807) is 18.2 Å². The van der Waals surface area contributed by atoms with E-state index in [0.29, 0.717) is 11.8 Å². The molecule has 2 aliphatic carbocycles. The predicted molar refractivity (Wildman–Crippen MR) is 97.2 cm³/mol. The van der Waals surface area contributed by atoms with Crippen molar-refractivity contribution in [3.63, 3.8) is 0 Å². The van der Waals surface area contributed by atoms with Crippen LogP contribution in [0, 0.1) is 11.8 Å². The fourth-order valence-corrected chi connectivity index (χ4v) is 3.44. The summed E-state index contributed by atoms with van der Waals surface area (Å²) in [6.45, 7) is -0.845. The summed E-state index contributed by atoms with van der Waals surface area (Å²) < 4.78 is 5.89. The summed E-state index contributed by atoms with van der Waals surface area (Å²) in [4.78, 5) is 48.5. The number of hydrogen-bond donors (Lipinski definition) is 2. The van der Waals surface area contributed by atoms with E-state index in [9.17, 15) is 19.2 Å². The van der Waals surface area contributed by atoms with Crippen molar-refractivity contribution in [2.75, 3.05) is 6.61 Å². The number of nitrogens with one attached hydrogen (secondary N) is 2. The van der Waals surface area contributed by atoms with Crippen LogP contribution < -0.4 is 16.4 Å². The van der Waals surface area contributed by atoms with E-state index in [1.165, 1.54) is 6.07 Å². The molecule has 0 saturated heterocycles. The van der Waals surface area contributed by atoms with Gasteiger partial charge in [0.15, 0.2) is 6.61 Å². The van der Waals surface area contributed by atoms with Crippen LogP contribution in [0.2, 0.25) is 0 Å². The average Bonchev–Trinajstić information content (AvgIpc) is 3.55. The lowest BCUT2D eigenvalue weighted by molar-refractivity contribution is -0.149. The molecule has 27 heavy (non-hydrogen) atoms. The van der Waals surface area contributed by atoms with E-state index in [0.717, 1.165) is 30.4 Å². The van der Waals surface area contributed by atoms with Crippen molar-refractivity contribution >= 4 is 22.6 Å². The SMILES string of the molecule is O=C(COC(=O)Cn1[nH]c(=O)c2ccccc2c1=O)NC(C1CC1)C1CC1. The maximum absolute atomic E-state index is 12.4. The third kappa shape index (κ3) is 3.94. The summed E-state index contributed by atoms with van der Waals surface area (Å²) in [6.07, 6.45) is 4.55. The number of fused-ring (bicyclic) bond motifs is 1. The molecule has 142 valence electrons. The lowest BCUT2D eigenvalue weighted by Crippen LogP contribution is -2.41. The number of nitrogens with zero attached hydrogens (tertiary/aromatic N) is 1. The highest BCUT2D eigenvalue weighted by atomic mass is 16.5. The van der Waals surface area contributed by atoms with E-state index < -0.39 is 23.6 Å². The highest BCUT2D eigenvalue weighted by molar-refractivity contribution is 5.82. The van der Waals surface area contributed by atoms with Crippen LogP contribution in [-0.4, -0.2) is 34.3 Å². The maximum atomic E-state index is 12.4. The van der Waals surface area contributed by atoms with Gasteiger partial charge in [-0.05, 0) is 49.7 Å². The zero-order chi connectivity index (χ0) is 19.0. The van der Waals surface area contributed by atoms with Gasteiger partial charge in [0.05, 0.1) is 10.8 Å². The Kier molecular flexibility index (Phi) is 4.55. The number of aromatic amines is 1. The minimum Gasteiger partial charge on any atom is -0.454 e. The second-order valence-corrected chi connectivity index (χ2v) is 7.31. The van der Waals surface area contributed by atoms with Crippen molar-refractivity contribution in [3.05, 3.63) is 45.0 Å². The molecular weight excluding hydrogens is 350 g/mol. The zero-order valence-electron chi connectivity index (χ0n) is 14.8. The number of aromatic nitrogens is 2. The number of carbonyl (C=O) groups excluding carboxylic acids is 2. The summed E-state index contributed by atoms with van der Waals surface area (Å²) in [5.41, 5.74) is -0.957. The lowest BCUT2D eigenvalue weighted by Gasteiger charge is -2.17. The minimum absolute atomic E-state index is 0.190. The molecule has 0 radical (unpaired) electrons. The van der Waals surface area contributed by atoms with Crippen LogP contribution in [0.1, 0.15) is 25.7 Å². The van der Waals surface area contributed by atoms with Crippen LogP contribution in [-0.2, 0) is 20.9 Å². The number of amides is 1. The fraction of sp³-hybridized carbons (Fsp3) is 0.474. The number of carbonyl (C=O) groups is 2. The fourth-order valence-electron chi connectivity index (χ4n) is 3.44. The van der Waals surface area contributed by atoms with Crippen molar-refractivity contribution in [3.8, 4) is 0 Å². The Labute approximate surface area is 154 Å². The molecule has 2 saturated carbocycles. The molecule has 0 bridgehead atoms. The standard InChI is InChI=1S/C19H21N3O5/c23-15(20-17(11-5-6-11)12-7-8-12)10-27-16(24)9-22-19(26)14-4-2-1-3-13(14)18(25)21-22/h1-4,11-12,17H,5-10H2,(H,20,23)(H,21,25). The molecule has 1 aromatic carbocycles. The number of esters is 1. The van der Waals surface area contributed by atoms with Crippen molar-refractivity contribution in [1.82, 2.24) is 15.1 Å². The third-order valence-corrected chi connectivity index (χ3v) is 5.12. The molecule has 2 aromatic rings. The molecular formula is C19H21N3O5. The van der Waals surface area contributed by atoms with Crippen LogP contribution in [0.5, 0.6) is 0 Å². The Hall–Kier alpha value is -2.90. The summed E-state index contributed by atoms with van der Waals surface area (Å²) in [6, 6.07) is 6.56. The van der Waals surface area contributed by atoms with Gasteiger partial charge in [-0.2, -0.15) is 0 Å². The zero-order valence-corrected chi connectivity index (χ0v) is 14.8. The smallest absolute Gasteiger partial charge is 0.328 e. The van der Waals surface area contributed by atoms with Crippen LogP contribution in [0.15, 0.2) is 33.9 Å². The number of ether oxygens (including phenoxy) is 1. The van der Waals surface area contributed by atoms with E-state index in [2.05, 4.69) is 10.4 Å². The molecule has 8 heteroatoms. The summed E-state index contributed by atoms with van der Waals surface area (Å²) in [7, 11) is 0. The van der Waals surface area contributed by atoms with Crippen molar-refractivity contribution in [1.29, 1.82) is 0 Å². The van der Waals surface area contributed by atoms with E-state index in [1.807, 2.05) is 0 Å². The molecule has 2 aliphatic rings. The molecule has 2 N–H and O–H groups in total. The number of benzene rings is 1. The van der Waals surface area contributed by atoms with Gasteiger partial charge >= 0.3 is 5.97 Å². The van der Waals surface area contributed by atoms with Crippen molar-refractivity contribution in [2.24, 2.45) is 11.8 Å². The van der Waals surface area contributed by atoms with Gasteiger partial charge in [-0.15, -0.1) is 0 Å². The Balaban J connectivity index is 1.36. The molecule has 8 nitrogen and oxygen atoms in total. The maximum Gasteiger partial charge on any atom is 0.328 e. The highest BCUT2D eigenvalue weighted by Gasteiger charge is 2.42. The Bertz CT molecular complexity index is 988. The molecule has 0 atom stereocenters. The number of rotatable bonds is 7. The van der Waals surface area contributed by atoms with Gasteiger partial charge in [0.2, 0.25) is 0 Å². The summed E-state index contributed by atoms with van der Waals surface area (Å²) in [5, 5.41) is 5.81. The Morgan fingerprint density at radius 2 is 1.74 bits per heavy atom. The van der Waals surface area contributed by atoms with E-state index in [4.69, 9.17) is 4.74 Å². The van der Waals surface area contributed by atoms with Gasteiger partial charge in [-0.25, -0.2) is 4.68 Å². The highest BCUT2D eigenvalue weighted by Crippen LogP contribution is 2.44. The van der Waals surface area contributed by atoms with E-state index >= 15 is 0 Å². The number of H-pyrrole nitrogens is 1. The molecule has 1 aromatic heterocycles. The first kappa shape index (κ1) is 17.5. The monoisotopic (exact) mass is 371 g/mol. The molecule has 0 spiro atoms. The van der Waals surface area contributed by atoms with Gasteiger partial charge < -0.3 is 10.1 Å². The average molecular weight is 371 g/mol. The first-order chi connectivity index (χ1) is 13.0. The van der Waals surface area contributed by atoms with Gasteiger partial charge in [0, 0.05) is 6.04 Å². The van der Waals surface area contributed by atoms with Gasteiger partial charge in [0.25, 0.3) is 17.0 Å². The molecule has 2 fully saturated rings. The van der Waals surface area contributed by atoms with Gasteiger partial charge in [0.1, 0.15) is 6.54 Å². The van der Waals surface area contributed by atoms with Crippen LogP contribution in [0.4, 0.5) is 0 Å². The third-order valence-electron chi connectivity index (χ3n) is 5.12. The van der Waals surface area contributed by atoms with Crippen molar-refractivity contribution < 1.29 is 14.3 Å². The molecule has 4 rings (SSSR count).